The van der Waals surface area contributed by atoms with Crippen LogP contribution in [0.1, 0.15) is 12.0 Å². The highest BCUT2D eigenvalue weighted by molar-refractivity contribution is 6.21. The summed E-state index contributed by atoms with van der Waals surface area (Å²) in [5.74, 6) is -0.324. The van der Waals surface area contributed by atoms with Crippen LogP contribution in [0, 0.1) is 0 Å². The number of hydrogen-bond acceptors (Lipinski definition) is 4. The molecule has 0 saturated carbocycles. The number of hydrogen-bond donors (Lipinski definition) is 1. The first-order valence-corrected chi connectivity index (χ1v) is 8.45. The number of benzene rings is 2. The highest BCUT2D eigenvalue weighted by atomic mass is 19.4. The fourth-order valence-electron chi connectivity index (χ4n) is 2.95. The minimum absolute atomic E-state index is 0.0557. The molecule has 1 fully saturated rings. The largest absolute Gasteiger partial charge is 0.573 e. The van der Waals surface area contributed by atoms with E-state index in [2.05, 4.69) is 4.74 Å². The van der Waals surface area contributed by atoms with Gasteiger partial charge in [-0.25, -0.2) is 4.90 Å². The third-order valence-corrected chi connectivity index (χ3v) is 4.31. The lowest BCUT2D eigenvalue weighted by atomic mass is 10.2. The minimum Gasteiger partial charge on any atom is -0.497 e. The molecule has 28 heavy (non-hydrogen) atoms. The predicted molar refractivity (Wildman–Crippen MR) is 92.6 cm³/mol. The summed E-state index contributed by atoms with van der Waals surface area (Å²) in [7, 11) is 1.52. The van der Waals surface area contributed by atoms with E-state index in [4.69, 9.17) is 4.74 Å². The smallest absolute Gasteiger partial charge is 0.497 e. The van der Waals surface area contributed by atoms with Gasteiger partial charge >= 0.3 is 6.36 Å². The number of carbonyl (C=O) groups is 2. The van der Waals surface area contributed by atoms with E-state index in [0.29, 0.717) is 23.5 Å². The molecule has 2 N–H and O–H groups in total. The fourth-order valence-corrected chi connectivity index (χ4v) is 2.95. The Morgan fingerprint density at radius 3 is 2.21 bits per heavy atom. The van der Waals surface area contributed by atoms with Gasteiger partial charge in [-0.3, -0.25) is 9.59 Å². The van der Waals surface area contributed by atoms with Gasteiger partial charge in [0.1, 0.15) is 18.0 Å². The van der Waals surface area contributed by atoms with Crippen molar-refractivity contribution in [2.45, 2.75) is 25.4 Å². The second kappa shape index (κ2) is 7.89. The lowest BCUT2D eigenvalue weighted by Gasteiger charge is -2.14. The number of ether oxygens (including phenoxy) is 2. The summed E-state index contributed by atoms with van der Waals surface area (Å²) in [6, 6.07) is 11.4. The summed E-state index contributed by atoms with van der Waals surface area (Å²) in [6.07, 6.45) is -4.69. The standard InChI is InChI=1S/C19H17F3N2O4/c1-27-14-8-4-13(5-9-14)24-17(25)10-16(18(24)26)23-11-12-2-6-15(7-3-12)28-19(20,21)22/h2-9,16,23H,10-11H2,1H3/p+1/t16-/m0/s1. The predicted octanol–water partition coefficient (Wildman–Crippen LogP) is 1.99. The van der Waals surface area contributed by atoms with Crippen molar-refractivity contribution in [1.82, 2.24) is 0 Å². The van der Waals surface area contributed by atoms with Gasteiger partial charge in [-0.1, -0.05) is 0 Å². The molecule has 2 aromatic rings. The van der Waals surface area contributed by atoms with Crippen molar-refractivity contribution in [2.24, 2.45) is 0 Å². The van der Waals surface area contributed by atoms with Crippen LogP contribution in [-0.2, 0) is 16.1 Å². The van der Waals surface area contributed by atoms with Crippen molar-refractivity contribution in [1.29, 1.82) is 0 Å². The first kappa shape index (κ1) is 19.7. The van der Waals surface area contributed by atoms with Crippen LogP contribution in [0.4, 0.5) is 18.9 Å². The van der Waals surface area contributed by atoms with Crippen LogP contribution in [-0.4, -0.2) is 31.3 Å². The van der Waals surface area contributed by atoms with Gasteiger partial charge in [0.25, 0.3) is 5.91 Å². The highest BCUT2D eigenvalue weighted by Gasteiger charge is 2.42. The number of alkyl halides is 3. The minimum atomic E-state index is -4.74. The molecule has 148 valence electrons. The number of methoxy groups -OCH3 is 1. The third kappa shape index (κ3) is 4.61. The number of imide groups is 1. The number of amides is 2. The van der Waals surface area contributed by atoms with Crippen LogP contribution in [0.2, 0.25) is 0 Å². The SMILES string of the molecule is COc1ccc(N2C(=O)C[C@H]([NH2+]Cc3ccc(OC(F)(F)F)cc3)C2=O)cc1. The third-order valence-electron chi connectivity index (χ3n) is 4.31. The summed E-state index contributed by atoms with van der Waals surface area (Å²) in [5.41, 5.74) is 1.18. The molecular formula is C19H18F3N2O4+. The van der Waals surface area contributed by atoms with Crippen molar-refractivity contribution in [3.63, 3.8) is 0 Å². The Bertz CT molecular complexity index is 851. The number of carbonyl (C=O) groups excluding carboxylic acids is 2. The second-order valence-corrected chi connectivity index (χ2v) is 6.21. The number of nitrogens with two attached hydrogens (primary N) is 1. The molecule has 1 heterocycles. The summed E-state index contributed by atoms with van der Waals surface area (Å²) < 4.78 is 45.4. The van der Waals surface area contributed by atoms with Gasteiger partial charge < -0.3 is 14.8 Å². The lowest BCUT2D eigenvalue weighted by Crippen LogP contribution is -2.90. The van der Waals surface area contributed by atoms with E-state index in [9.17, 15) is 22.8 Å². The summed E-state index contributed by atoms with van der Waals surface area (Å²) >= 11 is 0. The average Bonchev–Trinajstić information content (AvgIpc) is 2.93. The maximum atomic E-state index is 12.6. The zero-order valence-electron chi connectivity index (χ0n) is 14.9. The Hall–Kier alpha value is -3.07. The van der Waals surface area contributed by atoms with Gasteiger partial charge in [-0.2, -0.15) is 0 Å². The Balaban J connectivity index is 1.61. The van der Waals surface area contributed by atoms with Crippen molar-refractivity contribution < 1.29 is 37.6 Å². The Labute approximate surface area is 158 Å². The first-order valence-electron chi connectivity index (χ1n) is 8.45. The quantitative estimate of drug-likeness (QED) is 0.760. The molecule has 1 saturated heterocycles. The fraction of sp³-hybridized carbons (Fsp3) is 0.263. The van der Waals surface area contributed by atoms with E-state index in [1.165, 1.54) is 31.4 Å². The summed E-state index contributed by atoms with van der Waals surface area (Å²) in [6.45, 7) is 0.340. The van der Waals surface area contributed by atoms with Gasteiger partial charge in [0.2, 0.25) is 5.91 Å². The number of halogens is 3. The molecule has 9 heteroatoms. The Kier molecular flexibility index (Phi) is 5.55. The van der Waals surface area contributed by atoms with Crippen LogP contribution in [0.15, 0.2) is 48.5 Å². The normalized spacial score (nSPS) is 17.1. The van der Waals surface area contributed by atoms with Gasteiger partial charge in [0.05, 0.1) is 19.2 Å². The number of quaternary nitrogens is 1. The summed E-state index contributed by atoms with van der Waals surface area (Å²) in [5, 5.41) is 1.70. The van der Waals surface area contributed by atoms with Crippen molar-refractivity contribution in [3.8, 4) is 11.5 Å². The monoisotopic (exact) mass is 395 g/mol. The molecule has 0 bridgehead atoms. The van der Waals surface area contributed by atoms with Crippen molar-refractivity contribution >= 4 is 17.5 Å². The molecular weight excluding hydrogens is 377 g/mol. The maximum Gasteiger partial charge on any atom is 0.573 e. The summed E-state index contributed by atoms with van der Waals surface area (Å²) in [4.78, 5) is 26.0. The van der Waals surface area contributed by atoms with Crippen molar-refractivity contribution in [2.75, 3.05) is 12.0 Å². The number of anilines is 1. The maximum absolute atomic E-state index is 12.6. The topological polar surface area (TPSA) is 72.4 Å². The Morgan fingerprint density at radius 1 is 1.04 bits per heavy atom. The number of nitrogens with zero attached hydrogens (tertiary/aromatic N) is 1. The van der Waals surface area contributed by atoms with E-state index in [-0.39, 0.29) is 24.0 Å². The van der Waals surface area contributed by atoms with Crippen LogP contribution in [0.3, 0.4) is 0 Å². The molecule has 3 rings (SSSR count). The molecule has 1 atom stereocenters. The van der Waals surface area contributed by atoms with Gasteiger partial charge in [-0.05, 0) is 48.5 Å². The second-order valence-electron chi connectivity index (χ2n) is 6.21. The molecule has 1 aliphatic rings. The molecule has 2 aromatic carbocycles. The van der Waals surface area contributed by atoms with E-state index in [1.807, 2.05) is 0 Å². The average molecular weight is 395 g/mol. The number of rotatable bonds is 6. The van der Waals surface area contributed by atoms with Crippen LogP contribution in [0.25, 0.3) is 0 Å². The highest BCUT2D eigenvalue weighted by Crippen LogP contribution is 2.25. The van der Waals surface area contributed by atoms with Crippen LogP contribution in [0.5, 0.6) is 11.5 Å². The van der Waals surface area contributed by atoms with Crippen molar-refractivity contribution in [3.05, 3.63) is 54.1 Å². The zero-order valence-corrected chi connectivity index (χ0v) is 14.9. The van der Waals surface area contributed by atoms with Crippen LogP contribution < -0.4 is 19.7 Å². The molecule has 1 aliphatic heterocycles. The first-order chi connectivity index (χ1) is 13.3. The van der Waals surface area contributed by atoms with Crippen LogP contribution >= 0.6 is 0 Å². The van der Waals surface area contributed by atoms with Gasteiger partial charge in [0.15, 0.2) is 6.04 Å². The molecule has 2 amide bonds. The van der Waals surface area contributed by atoms with E-state index in [1.54, 1.807) is 29.6 Å². The molecule has 0 aromatic heterocycles. The lowest BCUT2D eigenvalue weighted by molar-refractivity contribution is -0.690. The molecule has 0 unspecified atom stereocenters. The van der Waals surface area contributed by atoms with E-state index in [0.717, 1.165) is 4.90 Å². The van der Waals surface area contributed by atoms with Gasteiger partial charge in [0, 0.05) is 5.56 Å². The molecule has 0 radical (unpaired) electrons. The van der Waals surface area contributed by atoms with E-state index < -0.39 is 12.4 Å². The molecule has 6 nitrogen and oxygen atoms in total. The van der Waals surface area contributed by atoms with Gasteiger partial charge in [-0.15, -0.1) is 13.2 Å². The zero-order chi connectivity index (χ0) is 20.3. The molecule has 0 spiro atoms. The molecule has 0 aliphatic carbocycles. The van der Waals surface area contributed by atoms with E-state index >= 15 is 0 Å². The Morgan fingerprint density at radius 2 is 1.64 bits per heavy atom.